The van der Waals surface area contributed by atoms with Gasteiger partial charge in [0, 0.05) is 38.8 Å². The first-order chi connectivity index (χ1) is 11.6. The number of hydrogen-bond donors (Lipinski definition) is 0. The van der Waals surface area contributed by atoms with Gasteiger partial charge in [0.25, 0.3) is 5.91 Å². The maximum atomic E-state index is 12.7. The summed E-state index contributed by atoms with van der Waals surface area (Å²) < 4.78 is 21.2. The zero-order chi connectivity index (χ0) is 17.5. The minimum absolute atomic E-state index is 0.0810. The smallest absolute Gasteiger partial charge is 0.253 e. The van der Waals surface area contributed by atoms with Crippen LogP contribution < -0.4 is 14.2 Å². The molecule has 0 saturated carbocycles. The molecule has 0 aromatic heterocycles. The summed E-state index contributed by atoms with van der Waals surface area (Å²) in [7, 11) is 6.41. The fourth-order valence-corrected chi connectivity index (χ4v) is 2.64. The third-order valence-electron chi connectivity index (χ3n) is 4.11. The second kappa shape index (κ2) is 8.75. The van der Waals surface area contributed by atoms with E-state index in [9.17, 15) is 4.79 Å². The van der Waals surface area contributed by atoms with Gasteiger partial charge in [0.05, 0.1) is 34.5 Å². The van der Waals surface area contributed by atoms with E-state index in [1.165, 1.54) is 21.3 Å². The number of nitrogens with zero attached hydrogens (tertiary/aromatic N) is 2. The largest absolute Gasteiger partial charge is 0.493 e. The highest BCUT2D eigenvalue weighted by Gasteiger charge is 2.20. The molecule has 0 bridgehead atoms. The fraction of sp³-hybridized carbons (Fsp3) is 0.588. The van der Waals surface area contributed by atoms with Gasteiger partial charge < -0.3 is 23.8 Å². The van der Waals surface area contributed by atoms with Gasteiger partial charge in [0.15, 0.2) is 11.5 Å². The van der Waals surface area contributed by atoms with Crippen LogP contribution in [0.25, 0.3) is 0 Å². The van der Waals surface area contributed by atoms with Crippen LogP contribution in [0.3, 0.4) is 0 Å². The first kappa shape index (κ1) is 18.4. The van der Waals surface area contributed by atoms with Crippen LogP contribution in [0.1, 0.15) is 10.4 Å². The van der Waals surface area contributed by atoms with Crippen LogP contribution in [-0.2, 0) is 4.74 Å². The highest BCUT2D eigenvalue weighted by molar-refractivity contribution is 5.95. The van der Waals surface area contributed by atoms with E-state index in [1.807, 2.05) is 0 Å². The Hall–Kier alpha value is -1.99. The molecule has 0 unspecified atom stereocenters. The fourth-order valence-electron chi connectivity index (χ4n) is 2.64. The predicted molar refractivity (Wildman–Crippen MR) is 90.3 cm³/mol. The van der Waals surface area contributed by atoms with Gasteiger partial charge in [-0.05, 0) is 12.1 Å². The molecule has 2 rings (SSSR count). The Bertz CT molecular complexity index is 533. The molecule has 1 aliphatic rings. The summed E-state index contributed by atoms with van der Waals surface area (Å²) in [5.74, 6) is 1.35. The quantitative estimate of drug-likeness (QED) is 0.742. The van der Waals surface area contributed by atoms with Crippen molar-refractivity contribution in [3.05, 3.63) is 17.7 Å². The lowest BCUT2D eigenvalue weighted by molar-refractivity contribution is 0.0338. The van der Waals surface area contributed by atoms with Crippen molar-refractivity contribution < 1.29 is 23.7 Å². The van der Waals surface area contributed by atoms with Crippen LogP contribution in [0.5, 0.6) is 17.2 Å². The molecule has 24 heavy (non-hydrogen) atoms. The second-order valence-electron chi connectivity index (χ2n) is 5.59. The van der Waals surface area contributed by atoms with Crippen molar-refractivity contribution in [2.45, 2.75) is 0 Å². The molecule has 0 radical (unpaired) electrons. The Balaban J connectivity index is 2.07. The molecule has 1 aliphatic heterocycles. The molecule has 1 aromatic rings. The number of amides is 1. The molecular formula is C17H26N2O5. The van der Waals surface area contributed by atoms with Crippen LogP contribution >= 0.6 is 0 Å². The van der Waals surface area contributed by atoms with E-state index < -0.39 is 0 Å². The van der Waals surface area contributed by atoms with E-state index in [4.69, 9.17) is 18.9 Å². The first-order valence-electron chi connectivity index (χ1n) is 7.96. The van der Waals surface area contributed by atoms with Crippen molar-refractivity contribution in [3.63, 3.8) is 0 Å². The minimum atomic E-state index is -0.0810. The summed E-state index contributed by atoms with van der Waals surface area (Å²) in [6.07, 6.45) is 0. The Morgan fingerprint density at radius 3 is 2.21 bits per heavy atom. The van der Waals surface area contributed by atoms with E-state index in [-0.39, 0.29) is 5.91 Å². The van der Waals surface area contributed by atoms with Gasteiger partial charge in [-0.15, -0.1) is 0 Å². The molecule has 1 aromatic carbocycles. The number of morpholine rings is 1. The Labute approximate surface area is 143 Å². The number of carbonyl (C=O) groups is 1. The maximum Gasteiger partial charge on any atom is 0.253 e. The van der Waals surface area contributed by atoms with Crippen LogP contribution in [0, 0.1) is 0 Å². The molecule has 7 nitrogen and oxygen atoms in total. The average molecular weight is 338 g/mol. The molecule has 1 heterocycles. The molecule has 134 valence electrons. The minimum Gasteiger partial charge on any atom is -0.493 e. The van der Waals surface area contributed by atoms with Crippen molar-refractivity contribution in [1.82, 2.24) is 9.80 Å². The summed E-state index contributed by atoms with van der Waals surface area (Å²) in [5.41, 5.74) is 0.508. The van der Waals surface area contributed by atoms with Gasteiger partial charge in [0.1, 0.15) is 0 Å². The van der Waals surface area contributed by atoms with Crippen molar-refractivity contribution in [2.24, 2.45) is 0 Å². The molecule has 0 aliphatic carbocycles. The summed E-state index contributed by atoms with van der Waals surface area (Å²) in [6.45, 7) is 4.80. The highest BCUT2D eigenvalue weighted by atomic mass is 16.5. The topological polar surface area (TPSA) is 60.5 Å². The summed E-state index contributed by atoms with van der Waals surface area (Å²) in [5, 5.41) is 0. The molecule has 1 amide bonds. The maximum absolute atomic E-state index is 12.7. The highest BCUT2D eigenvalue weighted by Crippen LogP contribution is 2.38. The lowest BCUT2D eigenvalue weighted by Crippen LogP contribution is -2.41. The number of ether oxygens (including phenoxy) is 4. The van der Waals surface area contributed by atoms with Gasteiger partial charge in [-0.1, -0.05) is 0 Å². The van der Waals surface area contributed by atoms with Gasteiger partial charge in [0.2, 0.25) is 5.75 Å². The van der Waals surface area contributed by atoms with Gasteiger partial charge in [-0.2, -0.15) is 0 Å². The number of carbonyl (C=O) groups excluding carboxylic acids is 1. The zero-order valence-electron chi connectivity index (χ0n) is 14.8. The molecule has 1 saturated heterocycles. The first-order valence-corrected chi connectivity index (χ1v) is 7.96. The molecular weight excluding hydrogens is 312 g/mol. The molecule has 0 N–H and O–H groups in total. The zero-order valence-corrected chi connectivity index (χ0v) is 14.8. The van der Waals surface area contributed by atoms with Crippen LogP contribution in [-0.4, -0.2) is 83.5 Å². The van der Waals surface area contributed by atoms with Gasteiger partial charge >= 0.3 is 0 Å². The van der Waals surface area contributed by atoms with Gasteiger partial charge in [-0.25, -0.2) is 0 Å². The van der Waals surface area contributed by atoms with Crippen molar-refractivity contribution in [2.75, 3.05) is 67.8 Å². The standard InChI is InChI=1S/C17H26N2O5/c1-18(5-6-19-7-9-24-10-8-19)17(20)13-11-14(21-2)16(23-4)15(12-13)22-3/h11-12H,5-10H2,1-4H3. The lowest BCUT2D eigenvalue weighted by Gasteiger charge is -2.28. The van der Waals surface area contributed by atoms with Crippen molar-refractivity contribution in [3.8, 4) is 17.2 Å². The number of likely N-dealkylation sites (N-methyl/N-ethyl adjacent to an activating group) is 1. The Kier molecular flexibility index (Phi) is 6.69. The van der Waals surface area contributed by atoms with E-state index in [0.717, 1.165) is 32.8 Å². The monoisotopic (exact) mass is 338 g/mol. The SMILES string of the molecule is COc1cc(C(=O)N(C)CCN2CCOCC2)cc(OC)c1OC. The number of rotatable bonds is 7. The second-order valence-corrected chi connectivity index (χ2v) is 5.59. The van der Waals surface area contributed by atoms with Crippen molar-refractivity contribution >= 4 is 5.91 Å². The molecule has 0 spiro atoms. The molecule has 7 heteroatoms. The normalized spacial score (nSPS) is 15.0. The Morgan fingerprint density at radius 1 is 1.12 bits per heavy atom. The average Bonchev–Trinajstić information content (AvgIpc) is 2.64. The summed E-state index contributed by atoms with van der Waals surface area (Å²) >= 11 is 0. The van der Waals surface area contributed by atoms with Crippen LogP contribution in [0.15, 0.2) is 12.1 Å². The van der Waals surface area contributed by atoms with Crippen LogP contribution in [0.4, 0.5) is 0 Å². The lowest BCUT2D eigenvalue weighted by atomic mass is 10.1. The van der Waals surface area contributed by atoms with Gasteiger partial charge in [-0.3, -0.25) is 9.69 Å². The van der Waals surface area contributed by atoms with E-state index in [1.54, 1.807) is 24.1 Å². The van der Waals surface area contributed by atoms with Crippen molar-refractivity contribution in [1.29, 1.82) is 0 Å². The number of hydrogen-bond acceptors (Lipinski definition) is 6. The predicted octanol–water partition coefficient (Wildman–Crippen LogP) is 1.12. The molecule has 1 fully saturated rings. The Morgan fingerprint density at radius 2 is 1.71 bits per heavy atom. The van der Waals surface area contributed by atoms with Crippen LogP contribution in [0.2, 0.25) is 0 Å². The summed E-state index contributed by atoms with van der Waals surface area (Å²) in [4.78, 5) is 16.7. The third kappa shape index (κ3) is 4.30. The van der Waals surface area contributed by atoms with E-state index >= 15 is 0 Å². The van der Waals surface area contributed by atoms with E-state index in [0.29, 0.717) is 29.4 Å². The third-order valence-corrected chi connectivity index (χ3v) is 4.11. The summed E-state index contributed by atoms with van der Waals surface area (Å²) in [6, 6.07) is 3.35. The number of methoxy groups -OCH3 is 3. The molecule has 0 atom stereocenters. The number of benzene rings is 1. The van der Waals surface area contributed by atoms with E-state index in [2.05, 4.69) is 4.90 Å².